The SMILES string of the molecule is Cc1cc2c(C#N)c(N)n(-c3c(C)ccc(O)c3C)c2nc1OC1CCNCC1. The highest BCUT2D eigenvalue weighted by Crippen LogP contribution is 2.37. The molecular weight excluding hydrogens is 366 g/mol. The van der Waals surface area contributed by atoms with Gasteiger partial charge in [-0.2, -0.15) is 10.2 Å². The summed E-state index contributed by atoms with van der Waals surface area (Å²) in [5.41, 5.74) is 10.6. The van der Waals surface area contributed by atoms with E-state index in [-0.39, 0.29) is 11.9 Å². The van der Waals surface area contributed by atoms with Crippen molar-refractivity contribution in [3.05, 3.63) is 40.5 Å². The number of nitrogens with two attached hydrogens (primary N) is 1. The number of anilines is 1. The van der Waals surface area contributed by atoms with Gasteiger partial charge in [0.05, 0.1) is 5.69 Å². The normalized spacial score (nSPS) is 14.8. The number of ether oxygens (including phenoxy) is 1. The first kappa shape index (κ1) is 19.1. The summed E-state index contributed by atoms with van der Waals surface area (Å²) in [4.78, 5) is 4.79. The summed E-state index contributed by atoms with van der Waals surface area (Å²) < 4.78 is 7.97. The molecule has 1 aliphatic heterocycles. The van der Waals surface area contributed by atoms with Crippen LogP contribution in [0.15, 0.2) is 18.2 Å². The van der Waals surface area contributed by atoms with Crippen LogP contribution in [0.3, 0.4) is 0 Å². The second kappa shape index (κ2) is 7.30. The fraction of sp³-hybridized carbons (Fsp3) is 0.364. The Morgan fingerprint density at radius 3 is 2.66 bits per heavy atom. The quantitative estimate of drug-likeness (QED) is 0.632. The molecule has 3 heterocycles. The molecule has 0 spiro atoms. The van der Waals surface area contributed by atoms with E-state index in [0.717, 1.165) is 42.7 Å². The lowest BCUT2D eigenvalue weighted by Gasteiger charge is -2.24. The van der Waals surface area contributed by atoms with E-state index >= 15 is 0 Å². The highest BCUT2D eigenvalue weighted by Gasteiger charge is 2.24. The van der Waals surface area contributed by atoms with E-state index in [9.17, 15) is 10.4 Å². The molecule has 150 valence electrons. The van der Waals surface area contributed by atoms with E-state index in [4.69, 9.17) is 15.5 Å². The molecule has 4 rings (SSSR count). The number of nitriles is 1. The molecule has 0 bridgehead atoms. The van der Waals surface area contributed by atoms with Crippen molar-refractivity contribution in [2.24, 2.45) is 0 Å². The molecule has 0 atom stereocenters. The van der Waals surface area contributed by atoms with Crippen molar-refractivity contribution in [2.45, 2.75) is 39.7 Å². The van der Waals surface area contributed by atoms with Crippen LogP contribution < -0.4 is 15.8 Å². The van der Waals surface area contributed by atoms with E-state index in [2.05, 4.69) is 11.4 Å². The number of benzene rings is 1. The Kier molecular flexibility index (Phi) is 4.81. The second-order valence-electron chi connectivity index (χ2n) is 7.63. The average Bonchev–Trinajstić information content (AvgIpc) is 2.97. The zero-order valence-corrected chi connectivity index (χ0v) is 16.9. The van der Waals surface area contributed by atoms with Crippen LogP contribution in [0.1, 0.15) is 35.1 Å². The van der Waals surface area contributed by atoms with Crippen molar-refractivity contribution >= 4 is 16.9 Å². The van der Waals surface area contributed by atoms with Gasteiger partial charge in [0.2, 0.25) is 5.88 Å². The van der Waals surface area contributed by atoms with Gasteiger partial charge in [-0.1, -0.05) is 6.07 Å². The smallest absolute Gasteiger partial charge is 0.218 e. The van der Waals surface area contributed by atoms with Crippen LogP contribution >= 0.6 is 0 Å². The van der Waals surface area contributed by atoms with Gasteiger partial charge in [0.1, 0.15) is 29.3 Å². The van der Waals surface area contributed by atoms with E-state index in [1.807, 2.05) is 32.9 Å². The number of aromatic hydroxyl groups is 1. The Labute approximate surface area is 169 Å². The molecule has 7 heteroatoms. The van der Waals surface area contributed by atoms with Crippen molar-refractivity contribution in [3.8, 4) is 23.4 Å². The number of piperidine rings is 1. The average molecular weight is 391 g/mol. The Balaban J connectivity index is 1.95. The molecule has 1 fully saturated rings. The van der Waals surface area contributed by atoms with Crippen LogP contribution in [0, 0.1) is 32.1 Å². The zero-order valence-electron chi connectivity index (χ0n) is 16.9. The lowest BCUT2D eigenvalue weighted by atomic mass is 10.1. The summed E-state index contributed by atoms with van der Waals surface area (Å²) in [7, 11) is 0. The molecule has 1 saturated heterocycles. The number of phenolic OH excluding ortho intramolecular Hbond substituents is 1. The van der Waals surface area contributed by atoms with E-state index in [0.29, 0.717) is 33.9 Å². The third-order valence-corrected chi connectivity index (χ3v) is 5.63. The van der Waals surface area contributed by atoms with Crippen molar-refractivity contribution in [1.82, 2.24) is 14.9 Å². The number of aryl methyl sites for hydroxylation is 2. The van der Waals surface area contributed by atoms with Gasteiger partial charge in [-0.25, -0.2) is 0 Å². The summed E-state index contributed by atoms with van der Waals surface area (Å²) >= 11 is 0. The maximum Gasteiger partial charge on any atom is 0.218 e. The number of fused-ring (bicyclic) bond motifs is 1. The minimum atomic E-state index is 0.111. The summed E-state index contributed by atoms with van der Waals surface area (Å²) in [5.74, 6) is 1.04. The standard InChI is InChI=1S/C22H25N5O2/c1-12-4-5-18(28)14(3)19(12)27-20(24)17(11-23)16-10-13(2)22(26-21(16)27)29-15-6-8-25-9-7-15/h4-5,10,15,25,28H,6-9,24H2,1-3H3. The third-order valence-electron chi connectivity index (χ3n) is 5.63. The highest BCUT2D eigenvalue weighted by atomic mass is 16.5. The second-order valence-corrected chi connectivity index (χ2v) is 7.63. The molecular formula is C22H25N5O2. The molecule has 0 unspecified atom stereocenters. The Morgan fingerprint density at radius 2 is 1.97 bits per heavy atom. The van der Waals surface area contributed by atoms with Crippen LogP contribution in [0.2, 0.25) is 0 Å². The monoisotopic (exact) mass is 391 g/mol. The molecule has 0 radical (unpaired) electrons. The van der Waals surface area contributed by atoms with Crippen LogP contribution in [0.5, 0.6) is 11.6 Å². The maximum absolute atomic E-state index is 10.3. The minimum Gasteiger partial charge on any atom is -0.508 e. The number of phenols is 1. The number of rotatable bonds is 3. The Morgan fingerprint density at radius 1 is 1.24 bits per heavy atom. The lowest BCUT2D eigenvalue weighted by molar-refractivity contribution is 0.155. The number of pyridine rings is 1. The minimum absolute atomic E-state index is 0.111. The van der Waals surface area contributed by atoms with E-state index in [1.165, 1.54) is 0 Å². The largest absolute Gasteiger partial charge is 0.508 e. The molecule has 4 N–H and O–H groups in total. The predicted octanol–water partition coefficient (Wildman–Crippen LogP) is 3.24. The number of hydrogen-bond donors (Lipinski definition) is 3. The fourth-order valence-corrected chi connectivity index (χ4v) is 4.01. The van der Waals surface area contributed by atoms with E-state index in [1.54, 1.807) is 10.6 Å². The van der Waals surface area contributed by atoms with Gasteiger partial charge in [-0.05, 0) is 64.4 Å². The van der Waals surface area contributed by atoms with E-state index < -0.39 is 0 Å². The molecule has 3 aromatic rings. The van der Waals surface area contributed by atoms with Gasteiger partial charge in [0, 0.05) is 16.5 Å². The van der Waals surface area contributed by atoms with Gasteiger partial charge >= 0.3 is 0 Å². The fourth-order valence-electron chi connectivity index (χ4n) is 4.01. The summed E-state index contributed by atoms with van der Waals surface area (Å²) in [5, 5.41) is 24.0. The van der Waals surface area contributed by atoms with Gasteiger partial charge in [-0.3, -0.25) is 4.57 Å². The topological polar surface area (TPSA) is 109 Å². The van der Waals surface area contributed by atoms with Gasteiger partial charge < -0.3 is 20.9 Å². The number of nitrogen functional groups attached to an aromatic ring is 1. The predicted molar refractivity (Wildman–Crippen MR) is 113 cm³/mol. The molecule has 0 saturated carbocycles. The molecule has 1 aliphatic rings. The Hall–Kier alpha value is -3.24. The molecule has 29 heavy (non-hydrogen) atoms. The van der Waals surface area contributed by atoms with Gasteiger partial charge in [0.15, 0.2) is 5.65 Å². The number of nitrogens with zero attached hydrogens (tertiary/aromatic N) is 3. The summed E-state index contributed by atoms with van der Waals surface area (Å²) in [6, 6.07) is 7.61. The van der Waals surface area contributed by atoms with Crippen molar-refractivity contribution in [2.75, 3.05) is 18.8 Å². The first-order valence-electron chi connectivity index (χ1n) is 9.81. The van der Waals surface area contributed by atoms with Gasteiger partial charge in [0.25, 0.3) is 0 Å². The van der Waals surface area contributed by atoms with Crippen LogP contribution in [-0.2, 0) is 0 Å². The lowest BCUT2D eigenvalue weighted by Crippen LogP contribution is -2.34. The molecule has 0 aliphatic carbocycles. The number of nitrogens with one attached hydrogen (secondary N) is 1. The summed E-state index contributed by atoms with van der Waals surface area (Å²) in [6.07, 6.45) is 1.97. The van der Waals surface area contributed by atoms with Crippen LogP contribution in [0.25, 0.3) is 16.7 Å². The first-order chi connectivity index (χ1) is 13.9. The highest BCUT2D eigenvalue weighted by molar-refractivity contribution is 5.92. The van der Waals surface area contributed by atoms with Gasteiger partial charge in [-0.15, -0.1) is 0 Å². The first-order valence-corrected chi connectivity index (χ1v) is 9.81. The maximum atomic E-state index is 10.3. The molecule has 0 amide bonds. The molecule has 2 aromatic heterocycles. The third kappa shape index (κ3) is 3.15. The number of aromatic nitrogens is 2. The van der Waals surface area contributed by atoms with Crippen molar-refractivity contribution in [3.63, 3.8) is 0 Å². The zero-order chi connectivity index (χ0) is 20.7. The van der Waals surface area contributed by atoms with Crippen molar-refractivity contribution in [1.29, 1.82) is 5.26 Å². The summed E-state index contributed by atoms with van der Waals surface area (Å²) in [6.45, 7) is 7.56. The molecule has 1 aromatic carbocycles. The number of hydrogen-bond acceptors (Lipinski definition) is 6. The Bertz CT molecular complexity index is 1140. The van der Waals surface area contributed by atoms with Crippen molar-refractivity contribution < 1.29 is 9.84 Å². The van der Waals surface area contributed by atoms with Crippen LogP contribution in [-0.4, -0.2) is 33.9 Å². The molecule has 7 nitrogen and oxygen atoms in total. The van der Waals surface area contributed by atoms with Crippen LogP contribution in [0.4, 0.5) is 5.82 Å².